The predicted octanol–water partition coefficient (Wildman–Crippen LogP) is 1.53. The van der Waals surface area contributed by atoms with Crippen molar-refractivity contribution in [3.05, 3.63) is 0 Å². The lowest BCUT2D eigenvalue weighted by Crippen LogP contribution is -2.43. The number of hydrogen-bond donors (Lipinski definition) is 2. The van der Waals surface area contributed by atoms with E-state index in [1.165, 1.54) is 50.0 Å². The molecule has 2 aliphatic rings. The summed E-state index contributed by atoms with van der Waals surface area (Å²) in [5.41, 5.74) is 0. The number of rotatable bonds is 4. The summed E-state index contributed by atoms with van der Waals surface area (Å²) in [7, 11) is 0. The summed E-state index contributed by atoms with van der Waals surface area (Å²) in [6.45, 7) is 0.506. The zero-order valence-corrected chi connectivity index (χ0v) is 10.7. The minimum absolute atomic E-state index is 0.185. The summed E-state index contributed by atoms with van der Waals surface area (Å²) >= 11 is 2.02. The molecular weight excluding hydrogens is 220 g/mol. The molecule has 2 N–H and O–H groups in total. The summed E-state index contributed by atoms with van der Waals surface area (Å²) in [5.74, 6) is 2.66. The van der Waals surface area contributed by atoms with Crippen LogP contribution in [-0.4, -0.2) is 36.0 Å². The molecule has 0 unspecified atom stereocenters. The van der Waals surface area contributed by atoms with Gasteiger partial charge in [-0.3, -0.25) is 4.79 Å². The zero-order chi connectivity index (χ0) is 11.2. The molecule has 1 aliphatic heterocycles. The standard InChI is InChI=1S/C12H22N2OS/c15-12(14-11-3-1-2-4-11)9-13-10-5-7-16-8-6-10/h10-11,13H,1-9H2,(H,14,15). The van der Waals surface area contributed by atoms with Gasteiger partial charge in [0.15, 0.2) is 0 Å². The Bertz CT molecular complexity index is 223. The van der Waals surface area contributed by atoms with Crippen molar-refractivity contribution < 1.29 is 4.79 Å². The number of nitrogens with one attached hydrogen (secondary N) is 2. The largest absolute Gasteiger partial charge is 0.352 e. The second-order valence-corrected chi connectivity index (χ2v) is 6.04. The van der Waals surface area contributed by atoms with Gasteiger partial charge in [0, 0.05) is 12.1 Å². The maximum absolute atomic E-state index is 11.7. The maximum Gasteiger partial charge on any atom is 0.234 e. The van der Waals surface area contributed by atoms with E-state index in [0.717, 1.165) is 0 Å². The van der Waals surface area contributed by atoms with Crippen molar-refractivity contribution in [3.8, 4) is 0 Å². The Balaban J connectivity index is 1.59. The molecule has 0 aromatic heterocycles. The van der Waals surface area contributed by atoms with Crippen LogP contribution < -0.4 is 10.6 Å². The minimum Gasteiger partial charge on any atom is -0.352 e. The van der Waals surface area contributed by atoms with Crippen LogP contribution in [0.5, 0.6) is 0 Å². The van der Waals surface area contributed by atoms with E-state index in [-0.39, 0.29) is 5.91 Å². The van der Waals surface area contributed by atoms with E-state index in [1.54, 1.807) is 0 Å². The van der Waals surface area contributed by atoms with Crippen LogP contribution in [-0.2, 0) is 4.79 Å². The Hall–Kier alpha value is -0.220. The molecule has 3 nitrogen and oxygen atoms in total. The second-order valence-electron chi connectivity index (χ2n) is 4.82. The van der Waals surface area contributed by atoms with Crippen molar-refractivity contribution >= 4 is 17.7 Å². The third-order valence-corrected chi connectivity index (χ3v) is 4.54. The molecule has 0 atom stereocenters. The van der Waals surface area contributed by atoms with E-state index in [1.807, 2.05) is 11.8 Å². The number of hydrogen-bond acceptors (Lipinski definition) is 3. The third-order valence-electron chi connectivity index (χ3n) is 3.49. The van der Waals surface area contributed by atoms with Crippen molar-refractivity contribution in [1.29, 1.82) is 0 Å². The first-order valence-electron chi connectivity index (χ1n) is 6.45. The molecule has 0 spiro atoms. The van der Waals surface area contributed by atoms with Crippen LogP contribution in [0.2, 0.25) is 0 Å². The molecule has 1 heterocycles. The number of carbonyl (C=O) groups is 1. The average Bonchev–Trinajstić information content (AvgIpc) is 2.81. The van der Waals surface area contributed by atoms with Crippen molar-refractivity contribution in [2.24, 2.45) is 0 Å². The van der Waals surface area contributed by atoms with Gasteiger partial charge in [0.2, 0.25) is 5.91 Å². The highest BCUT2D eigenvalue weighted by Crippen LogP contribution is 2.18. The SMILES string of the molecule is O=C(CNC1CCSCC1)NC1CCCC1. The highest BCUT2D eigenvalue weighted by molar-refractivity contribution is 7.99. The summed E-state index contributed by atoms with van der Waals surface area (Å²) in [6.07, 6.45) is 7.32. The fourth-order valence-corrected chi connectivity index (χ4v) is 3.59. The monoisotopic (exact) mass is 242 g/mol. The van der Waals surface area contributed by atoms with E-state index in [4.69, 9.17) is 0 Å². The van der Waals surface area contributed by atoms with Crippen LogP contribution in [0.15, 0.2) is 0 Å². The molecular formula is C12H22N2OS. The van der Waals surface area contributed by atoms with Crippen LogP contribution in [0.3, 0.4) is 0 Å². The lowest BCUT2D eigenvalue weighted by molar-refractivity contribution is -0.121. The number of amides is 1. The number of carbonyl (C=O) groups excluding carboxylic acids is 1. The molecule has 0 aromatic carbocycles. The van der Waals surface area contributed by atoms with Gasteiger partial charge in [0.05, 0.1) is 6.54 Å². The molecule has 1 amide bonds. The minimum atomic E-state index is 0.185. The molecule has 4 heteroatoms. The zero-order valence-electron chi connectivity index (χ0n) is 9.84. The number of thioether (sulfide) groups is 1. The van der Waals surface area contributed by atoms with Gasteiger partial charge >= 0.3 is 0 Å². The first-order chi connectivity index (χ1) is 7.84. The molecule has 1 aliphatic carbocycles. The lowest BCUT2D eigenvalue weighted by atomic mass is 10.1. The van der Waals surface area contributed by atoms with E-state index in [9.17, 15) is 4.79 Å². The second kappa shape index (κ2) is 6.50. The molecule has 16 heavy (non-hydrogen) atoms. The Labute approximate surface area is 102 Å². The molecule has 0 aromatic rings. The quantitative estimate of drug-likeness (QED) is 0.785. The first-order valence-corrected chi connectivity index (χ1v) is 7.60. The molecule has 2 rings (SSSR count). The van der Waals surface area contributed by atoms with Gasteiger partial charge in [-0.25, -0.2) is 0 Å². The molecule has 1 saturated carbocycles. The van der Waals surface area contributed by atoms with Gasteiger partial charge in [-0.2, -0.15) is 11.8 Å². The van der Waals surface area contributed by atoms with Crippen LogP contribution >= 0.6 is 11.8 Å². The Morgan fingerprint density at radius 1 is 1.06 bits per heavy atom. The lowest BCUT2D eigenvalue weighted by Gasteiger charge is -2.22. The van der Waals surface area contributed by atoms with Gasteiger partial charge < -0.3 is 10.6 Å². The average molecular weight is 242 g/mol. The predicted molar refractivity (Wildman–Crippen MR) is 68.7 cm³/mol. The Morgan fingerprint density at radius 3 is 2.44 bits per heavy atom. The fourth-order valence-electron chi connectivity index (χ4n) is 2.49. The summed E-state index contributed by atoms with van der Waals surface area (Å²) in [6, 6.07) is 1.02. The highest BCUT2D eigenvalue weighted by Gasteiger charge is 2.18. The van der Waals surface area contributed by atoms with Gasteiger partial charge in [0.1, 0.15) is 0 Å². The molecule has 92 valence electrons. The molecule has 2 fully saturated rings. The third kappa shape index (κ3) is 3.98. The van der Waals surface area contributed by atoms with E-state index in [2.05, 4.69) is 10.6 Å². The van der Waals surface area contributed by atoms with Crippen LogP contribution in [0.4, 0.5) is 0 Å². The Kier molecular flexibility index (Phi) is 4.97. The summed E-state index contributed by atoms with van der Waals surface area (Å²) in [5, 5.41) is 6.48. The molecule has 1 saturated heterocycles. The summed E-state index contributed by atoms with van der Waals surface area (Å²) < 4.78 is 0. The van der Waals surface area contributed by atoms with E-state index in [0.29, 0.717) is 18.6 Å². The smallest absolute Gasteiger partial charge is 0.234 e. The Morgan fingerprint density at radius 2 is 1.75 bits per heavy atom. The van der Waals surface area contributed by atoms with Crippen molar-refractivity contribution in [1.82, 2.24) is 10.6 Å². The van der Waals surface area contributed by atoms with Gasteiger partial charge in [-0.05, 0) is 37.2 Å². The normalized spacial score (nSPS) is 23.5. The van der Waals surface area contributed by atoms with Crippen LogP contribution in [0.25, 0.3) is 0 Å². The van der Waals surface area contributed by atoms with Gasteiger partial charge in [-0.1, -0.05) is 12.8 Å². The summed E-state index contributed by atoms with van der Waals surface area (Å²) in [4.78, 5) is 11.7. The van der Waals surface area contributed by atoms with Gasteiger partial charge in [0.25, 0.3) is 0 Å². The van der Waals surface area contributed by atoms with Crippen molar-refractivity contribution in [3.63, 3.8) is 0 Å². The van der Waals surface area contributed by atoms with E-state index < -0.39 is 0 Å². The van der Waals surface area contributed by atoms with Crippen LogP contribution in [0.1, 0.15) is 38.5 Å². The topological polar surface area (TPSA) is 41.1 Å². The van der Waals surface area contributed by atoms with Gasteiger partial charge in [-0.15, -0.1) is 0 Å². The fraction of sp³-hybridized carbons (Fsp3) is 0.917. The van der Waals surface area contributed by atoms with Crippen molar-refractivity contribution in [2.75, 3.05) is 18.1 Å². The van der Waals surface area contributed by atoms with Crippen LogP contribution in [0, 0.1) is 0 Å². The van der Waals surface area contributed by atoms with Crippen molar-refractivity contribution in [2.45, 2.75) is 50.6 Å². The van der Waals surface area contributed by atoms with E-state index >= 15 is 0 Å². The first kappa shape index (κ1) is 12.2. The molecule has 0 radical (unpaired) electrons. The maximum atomic E-state index is 11.7. The highest BCUT2D eigenvalue weighted by atomic mass is 32.2. The molecule has 0 bridgehead atoms.